The molecule has 1 aliphatic heterocycles. The van der Waals surface area contributed by atoms with E-state index in [1.165, 1.54) is 3.58 Å². The van der Waals surface area contributed by atoms with Crippen molar-refractivity contribution in [1.82, 2.24) is 4.90 Å². The number of hydrogen-bond donors (Lipinski definition) is 0. The highest BCUT2D eigenvalue weighted by atomic mass is 127. The van der Waals surface area contributed by atoms with Gasteiger partial charge in [-0.15, -0.1) is 0 Å². The summed E-state index contributed by atoms with van der Waals surface area (Å²) in [7, 11) is 0. The summed E-state index contributed by atoms with van der Waals surface area (Å²) in [6.45, 7) is 2.85. The molecule has 1 fully saturated rings. The molecule has 1 amide bonds. The van der Waals surface area contributed by atoms with Gasteiger partial charge in [-0.1, -0.05) is 60.7 Å². The van der Waals surface area contributed by atoms with Crippen LogP contribution in [0.4, 0.5) is 4.79 Å². The molecule has 2 atom stereocenters. The third-order valence-electron chi connectivity index (χ3n) is 5.84. The van der Waals surface area contributed by atoms with E-state index in [1.54, 1.807) is 0 Å². The van der Waals surface area contributed by atoms with Gasteiger partial charge in [-0.2, -0.15) is 0 Å². The first-order valence-corrected chi connectivity index (χ1v) is 11.7. The first-order chi connectivity index (χ1) is 14.6. The normalized spacial score (nSPS) is 19.7. The molecule has 1 aliphatic carbocycles. The van der Waals surface area contributed by atoms with Crippen molar-refractivity contribution in [3.05, 3.63) is 81.1 Å². The van der Waals surface area contributed by atoms with Crippen LogP contribution < -0.4 is 0 Å². The quantitative estimate of drug-likeness (QED) is 0.397. The van der Waals surface area contributed by atoms with E-state index < -0.39 is 0 Å². The molecule has 0 aromatic heterocycles. The Morgan fingerprint density at radius 2 is 1.70 bits per heavy atom. The number of ether oxygens (including phenoxy) is 2. The van der Waals surface area contributed by atoms with Gasteiger partial charge in [0.2, 0.25) is 0 Å². The summed E-state index contributed by atoms with van der Waals surface area (Å²) in [6, 6.07) is 20.1. The monoisotopic (exact) mass is 517 g/mol. The molecule has 4 nitrogen and oxygen atoms in total. The van der Waals surface area contributed by atoms with E-state index in [0.29, 0.717) is 12.5 Å². The van der Waals surface area contributed by atoms with E-state index in [2.05, 4.69) is 34.7 Å². The van der Waals surface area contributed by atoms with Gasteiger partial charge in [-0.3, -0.25) is 4.90 Å². The topological polar surface area (TPSA) is 38.8 Å². The maximum Gasteiger partial charge on any atom is 0.410 e. The van der Waals surface area contributed by atoms with E-state index in [-0.39, 0.29) is 24.8 Å². The van der Waals surface area contributed by atoms with Crippen molar-refractivity contribution in [3.63, 3.8) is 0 Å². The minimum Gasteiger partial charge on any atom is -0.492 e. The second-order valence-corrected chi connectivity index (χ2v) is 9.44. The highest BCUT2D eigenvalue weighted by molar-refractivity contribution is 14.1. The largest absolute Gasteiger partial charge is 0.492 e. The summed E-state index contributed by atoms with van der Waals surface area (Å²) in [4.78, 5) is 15.2. The molecule has 1 heterocycles. The smallest absolute Gasteiger partial charge is 0.410 e. The van der Waals surface area contributed by atoms with Crippen molar-refractivity contribution in [2.24, 2.45) is 5.92 Å². The van der Waals surface area contributed by atoms with Gasteiger partial charge < -0.3 is 9.47 Å². The molecule has 2 aliphatic rings. The van der Waals surface area contributed by atoms with Gasteiger partial charge in [-0.05, 0) is 72.2 Å². The van der Waals surface area contributed by atoms with Crippen LogP contribution in [0.1, 0.15) is 43.7 Å². The van der Waals surface area contributed by atoms with Crippen LogP contribution in [0.15, 0.2) is 70.0 Å². The zero-order valence-corrected chi connectivity index (χ0v) is 19.5. The lowest BCUT2D eigenvalue weighted by atomic mass is 9.97. The average molecular weight is 517 g/mol. The molecule has 1 saturated carbocycles. The number of nitrogens with zero attached hydrogens (tertiary/aromatic N) is 1. The molecule has 0 radical (unpaired) electrons. The summed E-state index contributed by atoms with van der Waals surface area (Å²) < 4.78 is 13.4. The predicted octanol–water partition coefficient (Wildman–Crippen LogP) is 6.45. The number of allylic oxidation sites excluding steroid dienone is 2. The van der Waals surface area contributed by atoms with Crippen molar-refractivity contribution in [1.29, 1.82) is 0 Å². The van der Waals surface area contributed by atoms with Crippen LogP contribution >= 0.6 is 22.6 Å². The molecular formula is C25H28INO3. The number of hydrogen-bond acceptors (Lipinski definition) is 3. The fourth-order valence-electron chi connectivity index (χ4n) is 4.11. The first-order valence-electron chi connectivity index (χ1n) is 10.6. The molecule has 0 spiro atoms. The lowest BCUT2D eigenvalue weighted by molar-refractivity contribution is -0.00715. The van der Waals surface area contributed by atoms with Crippen LogP contribution in [0, 0.1) is 5.92 Å². The zero-order valence-electron chi connectivity index (χ0n) is 17.3. The van der Waals surface area contributed by atoms with Crippen LogP contribution in [0.25, 0.3) is 0 Å². The van der Waals surface area contributed by atoms with E-state index in [1.807, 2.05) is 60.4 Å². The standard InChI is InChI=1S/C25H28INO3/c1-18-22(26)14-15-23(30-18)24(21-12-13-21)27(16-19-8-4-2-5-9-19)25(28)29-17-20-10-6-3-7-11-20/h2-11,21,23-24H,12-17H2,1H3. The van der Waals surface area contributed by atoms with E-state index in [0.717, 1.165) is 42.6 Å². The van der Waals surface area contributed by atoms with Crippen molar-refractivity contribution in [2.45, 2.75) is 57.9 Å². The Kier molecular flexibility index (Phi) is 6.97. The van der Waals surface area contributed by atoms with E-state index >= 15 is 0 Å². The summed E-state index contributed by atoms with van der Waals surface area (Å²) in [5, 5.41) is 0. The Bertz CT molecular complexity index is 880. The third-order valence-corrected chi connectivity index (χ3v) is 7.14. The zero-order chi connectivity index (χ0) is 20.9. The Morgan fingerprint density at radius 1 is 1.07 bits per heavy atom. The Hall–Kier alpha value is -2.02. The Morgan fingerprint density at radius 3 is 2.30 bits per heavy atom. The number of carbonyl (C=O) groups excluding carboxylic acids is 1. The molecule has 5 heteroatoms. The molecule has 0 saturated heterocycles. The Labute approximate surface area is 192 Å². The maximum atomic E-state index is 13.3. The summed E-state index contributed by atoms with van der Waals surface area (Å²) in [6.07, 6.45) is 3.99. The van der Waals surface area contributed by atoms with Crippen molar-refractivity contribution in [3.8, 4) is 0 Å². The lowest BCUT2D eigenvalue weighted by Crippen LogP contribution is -2.49. The number of carbonyl (C=O) groups is 1. The van der Waals surface area contributed by atoms with Gasteiger partial charge >= 0.3 is 6.09 Å². The minimum absolute atomic E-state index is 0.0176. The number of rotatable bonds is 7. The highest BCUT2D eigenvalue weighted by Gasteiger charge is 2.44. The number of halogens is 1. The molecule has 2 aromatic carbocycles. The van der Waals surface area contributed by atoms with E-state index in [4.69, 9.17) is 9.47 Å². The molecule has 30 heavy (non-hydrogen) atoms. The van der Waals surface area contributed by atoms with Crippen molar-refractivity contribution < 1.29 is 14.3 Å². The fraction of sp³-hybridized carbons (Fsp3) is 0.400. The van der Waals surface area contributed by atoms with Gasteiger partial charge in [0.15, 0.2) is 0 Å². The number of benzene rings is 2. The molecule has 0 bridgehead atoms. The first kappa shape index (κ1) is 21.2. The second kappa shape index (κ2) is 9.86. The maximum absolute atomic E-state index is 13.3. The van der Waals surface area contributed by atoms with Gasteiger partial charge in [0.25, 0.3) is 0 Å². The van der Waals surface area contributed by atoms with Gasteiger partial charge in [0, 0.05) is 10.1 Å². The molecule has 4 rings (SSSR count). The van der Waals surface area contributed by atoms with Crippen LogP contribution in [0.3, 0.4) is 0 Å². The van der Waals surface area contributed by atoms with Gasteiger partial charge in [0.1, 0.15) is 18.5 Å². The lowest BCUT2D eigenvalue weighted by Gasteiger charge is -2.39. The molecular weight excluding hydrogens is 489 g/mol. The SMILES string of the molecule is CC1=C(I)CCC(C(C2CC2)N(Cc2ccccc2)C(=O)OCc2ccccc2)O1. The van der Waals surface area contributed by atoms with E-state index in [9.17, 15) is 4.79 Å². The average Bonchev–Trinajstić information content (AvgIpc) is 3.60. The van der Waals surface area contributed by atoms with Crippen LogP contribution in [-0.4, -0.2) is 23.1 Å². The highest BCUT2D eigenvalue weighted by Crippen LogP contribution is 2.42. The minimum atomic E-state index is -0.259. The summed E-state index contributed by atoms with van der Waals surface area (Å²) in [5.41, 5.74) is 2.10. The summed E-state index contributed by atoms with van der Waals surface area (Å²) in [5.74, 6) is 1.47. The fourth-order valence-corrected chi connectivity index (χ4v) is 4.54. The molecule has 0 N–H and O–H groups in total. The van der Waals surface area contributed by atoms with Gasteiger partial charge in [-0.25, -0.2) is 4.79 Å². The van der Waals surface area contributed by atoms with Gasteiger partial charge in [0.05, 0.1) is 6.04 Å². The van der Waals surface area contributed by atoms with Crippen LogP contribution in [0.2, 0.25) is 0 Å². The van der Waals surface area contributed by atoms with Crippen molar-refractivity contribution in [2.75, 3.05) is 0 Å². The second-order valence-electron chi connectivity index (χ2n) is 8.14. The molecule has 2 aromatic rings. The molecule has 158 valence electrons. The van der Waals surface area contributed by atoms with Crippen LogP contribution in [0.5, 0.6) is 0 Å². The van der Waals surface area contributed by atoms with Crippen LogP contribution in [-0.2, 0) is 22.6 Å². The number of amides is 1. The predicted molar refractivity (Wildman–Crippen MR) is 126 cm³/mol. The molecule has 2 unspecified atom stereocenters. The third kappa shape index (κ3) is 5.36. The van der Waals surface area contributed by atoms with Crippen molar-refractivity contribution >= 4 is 28.7 Å². The Balaban J connectivity index is 1.55. The summed E-state index contributed by atoms with van der Waals surface area (Å²) >= 11 is 2.37.